The second-order valence-electron chi connectivity index (χ2n) is 27.5. The zero-order valence-electron chi connectivity index (χ0n) is 66.6. The quantitative estimate of drug-likeness (QED) is 0.0590. The third kappa shape index (κ3) is 15.0. The van der Waals surface area contributed by atoms with E-state index in [1.807, 2.05) is 24.3 Å². The van der Waals surface area contributed by atoms with Gasteiger partial charge in [0.25, 0.3) is 39.9 Å². The van der Waals surface area contributed by atoms with Gasteiger partial charge >= 0.3 is 12.7 Å². The molecule has 0 spiro atoms. The second kappa shape index (κ2) is 36.2. The van der Waals surface area contributed by atoms with E-state index in [0.717, 1.165) is 42.5 Å². The van der Waals surface area contributed by atoms with Gasteiger partial charge in [-0.15, -0.1) is 26.3 Å². The summed E-state index contributed by atoms with van der Waals surface area (Å²) in [6, 6.07) is 49.3. The average molecular weight is 1810 g/mol. The van der Waals surface area contributed by atoms with Crippen molar-refractivity contribution in [2.45, 2.75) is 12.7 Å². The molecule has 6 aliphatic rings. The van der Waals surface area contributed by atoms with Crippen molar-refractivity contribution in [3.63, 3.8) is 0 Å². The van der Waals surface area contributed by atoms with Crippen LogP contribution < -0.4 is 9.47 Å². The molecule has 0 radical (unpaired) electrons. The maximum absolute atomic E-state index is 15.4. The third-order valence-corrected chi connectivity index (χ3v) is 20.9. The Labute approximate surface area is 755 Å². The van der Waals surface area contributed by atoms with E-state index in [2.05, 4.69) is 65.5 Å². The summed E-state index contributed by atoms with van der Waals surface area (Å²) in [5, 5.41) is 129. The molecule has 2 aromatic heterocycles. The summed E-state index contributed by atoms with van der Waals surface area (Å²) in [6.07, 6.45) is -6.86. The van der Waals surface area contributed by atoms with Crippen molar-refractivity contribution in [1.82, 2.24) is 9.97 Å². The maximum atomic E-state index is 15.4. The molecule has 0 saturated heterocycles. The minimum atomic E-state index is -4.98. The Bertz CT molecular complexity index is 7890. The molecule has 7 aromatic carbocycles. The van der Waals surface area contributed by atoms with E-state index in [0.29, 0.717) is 44.8 Å². The SMILES string of the molecule is [C-]#[N+]/C(C#N)=C1\C(c2c(F)c(F)c([N+]#[C-])c(F)c2F)=C(C#N)c2cc3c(cc21)C(C#N)=C(c1c(F)c(F)c(C#N)c(F)c1F)/C3=C(\C#N)[N+]#[C-].[C-]#[N+]/C(C#N)=C1\C(c2ccc(OC(F)(F)F)cc2)=C(C#N)c2cc3c(cc21)C(C#N)=C(c1ccc(OC(F)(F)F)cc1)/C3=C(\C#N)[N+]#[C-].[C-]#[N+]/C(C#N)=C1\C(c2ccccn2)=C(C#N)c2cc3c(cc21)C(C#N)=C(c1ccccn1)/C3=C(\C#N)[N+]#[C-]. The predicted octanol–water partition coefficient (Wildman–Crippen LogP) is 22.8. The van der Waals surface area contributed by atoms with Crippen LogP contribution >= 0.6 is 0 Å². The van der Waals surface area contributed by atoms with Crippen molar-refractivity contribution in [3.05, 3.63) is 400 Å². The monoisotopic (exact) mass is 1800 g/mol. The number of fused-ring (bicyclic) bond motifs is 6. The van der Waals surface area contributed by atoms with E-state index in [-0.39, 0.29) is 101 Å². The van der Waals surface area contributed by atoms with E-state index >= 15 is 17.6 Å². The standard InChI is InChI=1S/C34H2F8N8.C34H10F6N6O2.C30H10N8/c1-48-18(9-46)20-13-5-12-14(4-11(13)15(6-43)22(20)24-28(37)26(35)17(8-45)27(36)29(24)38)21(19(10-47)49-2)23(16(12)7-44)25-30(39)32(41)34(50-3)33(42)31(25)40;1-45-27(15-43)31-23-11-22-24(12-21(23)25(13-41)29(31)17-3-7-19(8-4-17)47-33(35,36)37)32(28(16-44)46-2)30(26(22)14-42)18-5-9-20(10-6-18)48-34(38,39)40;1-35-25(15-33)27-19-11-18-20(12-17(19)21(13-31)29(27)23-7-3-5-9-37-23)28(26(16-34)36-2)30(22(18)14-32)24-8-4-6-10-38-24/h4-5H;3-12H;3-12H/b20-18+,21-19-;31-27-,32-28+;27-25-,28-26+. The first-order valence-electron chi connectivity index (χ1n) is 36.9. The molecule has 6 aliphatic carbocycles. The normalized spacial score (nSPS) is 15.2. The van der Waals surface area contributed by atoms with Gasteiger partial charge in [0.05, 0.1) is 138 Å². The number of ether oxygens (including phenoxy) is 2. The summed E-state index contributed by atoms with van der Waals surface area (Å²) in [5.74, 6) is -18.7. The Morgan fingerprint density at radius 3 is 0.728 bits per heavy atom. The third-order valence-electron chi connectivity index (χ3n) is 20.9. The number of rotatable bonds is 8. The van der Waals surface area contributed by atoms with Gasteiger partial charge < -0.3 is 9.47 Å². The largest absolute Gasteiger partial charge is 0.573 e. The van der Waals surface area contributed by atoms with Crippen LogP contribution in [0.25, 0.3) is 134 Å². The van der Waals surface area contributed by atoms with Gasteiger partial charge in [0, 0.05) is 102 Å². The zero-order chi connectivity index (χ0) is 98.7. The Hall–Kier alpha value is -21.9. The number of nitrogens with zero attached hydrogens (tertiary/aromatic N) is 22. The number of nitriles is 13. The van der Waals surface area contributed by atoms with Gasteiger partial charge in [0.15, 0.2) is 46.5 Å². The van der Waals surface area contributed by atoms with E-state index < -0.39 is 172 Å². The van der Waals surface area contributed by atoms with E-state index in [9.17, 15) is 107 Å². The Kier molecular flexibility index (Phi) is 24.5. The van der Waals surface area contributed by atoms with Crippen LogP contribution in [0, 0.1) is 240 Å². The fourth-order valence-corrected chi connectivity index (χ4v) is 15.8. The van der Waals surface area contributed by atoms with Crippen LogP contribution in [-0.2, 0) is 0 Å². The Balaban J connectivity index is 0.000000174. The van der Waals surface area contributed by atoms with Gasteiger partial charge in [0.1, 0.15) is 59.5 Å². The molecule has 0 bridgehead atoms. The van der Waals surface area contributed by atoms with Crippen LogP contribution in [-0.4, -0.2) is 22.7 Å². The second-order valence-corrected chi connectivity index (χ2v) is 27.5. The average Bonchev–Trinajstić information content (AvgIpc) is 1.55. The summed E-state index contributed by atoms with van der Waals surface area (Å²) < 4.78 is 205. The lowest BCUT2D eigenvalue weighted by Crippen LogP contribution is -2.17. The molecule has 38 heteroatoms. The van der Waals surface area contributed by atoms with Crippen LogP contribution in [0.2, 0.25) is 0 Å². The first kappa shape index (κ1) is 91.8. The highest BCUT2D eigenvalue weighted by molar-refractivity contribution is 6.33. The van der Waals surface area contributed by atoms with Crippen LogP contribution in [0.4, 0.5) is 67.2 Å². The maximum Gasteiger partial charge on any atom is 0.573 e. The molecule has 0 unspecified atom stereocenters. The van der Waals surface area contributed by atoms with Crippen molar-refractivity contribution in [2.24, 2.45) is 0 Å². The zero-order valence-corrected chi connectivity index (χ0v) is 66.6. The molecule has 2 heterocycles. The molecule has 0 N–H and O–H groups in total. The summed E-state index contributed by atoms with van der Waals surface area (Å²) in [7, 11) is 0. The molecular weight excluding hydrogens is 1780 g/mol. The van der Waals surface area contributed by atoms with Crippen molar-refractivity contribution in [1.29, 1.82) is 68.4 Å². The number of allylic oxidation sites excluding steroid dienone is 24. The van der Waals surface area contributed by atoms with Crippen LogP contribution in [0.1, 0.15) is 106 Å². The number of halogens is 14. The molecule has 0 aliphatic heterocycles. The van der Waals surface area contributed by atoms with E-state index in [1.54, 1.807) is 73.1 Å². The number of aromatic nitrogens is 2. The number of hydrogen-bond acceptors (Lipinski definition) is 17. The molecule has 634 valence electrons. The summed E-state index contributed by atoms with van der Waals surface area (Å²) >= 11 is 0. The summed E-state index contributed by atoms with van der Waals surface area (Å²) in [6.45, 7) is 52.3. The van der Waals surface area contributed by atoms with Crippen molar-refractivity contribution in [2.75, 3.05) is 0 Å². The first-order valence-corrected chi connectivity index (χ1v) is 36.9. The summed E-state index contributed by atoms with van der Waals surface area (Å²) in [4.78, 5) is 30.4. The van der Waals surface area contributed by atoms with Crippen LogP contribution in [0.5, 0.6) is 11.5 Å². The molecular formula is C98H22F14N22O2. The van der Waals surface area contributed by atoms with Gasteiger partial charge in [-0.3, -0.25) is 9.97 Å². The smallest absolute Gasteiger partial charge is 0.406 e. The number of hydrogen-bond donors (Lipinski definition) is 0. The van der Waals surface area contributed by atoms with E-state index in [4.69, 9.17) is 51.3 Å². The minimum Gasteiger partial charge on any atom is -0.406 e. The Morgan fingerprint density at radius 2 is 0.515 bits per heavy atom. The highest BCUT2D eigenvalue weighted by Crippen LogP contribution is 2.60. The van der Waals surface area contributed by atoms with Gasteiger partial charge in [-0.05, 0) is 141 Å². The van der Waals surface area contributed by atoms with Gasteiger partial charge in [-0.1, -0.05) is 36.4 Å². The topological polar surface area (TPSA) is 384 Å². The van der Waals surface area contributed by atoms with Gasteiger partial charge in [-0.25, -0.2) is 101 Å². The van der Waals surface area contributed by atoms with Gasteiger partial charge in [0.2, 0.25) is 0 Å². The molecule has 0 amide bonds. The number of benzene rings is 7. The predicted molar refractivity (Wildman–Crippen MR) is 447 cm³/mol. The van der Waals surface area contributed by atoms with Crippen molar-refractivity contribution in [3.8, 4) is 90.4 Å². The molecule has 0 fully saturated rings. The minimum absolute atomic E-state index is 0.0291. The van der Waals surface area contributed by atoms with E-state index in [1.165, 1.54) is 60.7 Å². The van der Waals surface area contributed by atoms with Crippen LogP contribution in [0.15, 0.2) is 168 Å². The Morgan fingerprint density at radius 1 is 0.279 bits per heavy atom. The number of alkyl halides is 6. The number of pyridine rings is 2. The molecule has 0 saturated carbocycles. The van der Waals surface area contributed by atoms with Crippen molar-refractivity contribution >= 4 is 106 Å². The van der Waals surface area contributed by atoms with Crippen LogP contribution in [0.3, 0.4) is 0 Å². The first-order chi connectivity index (χ1) is 65.2. The molecule has 136 heavy (non-hydrogen) atoms. The highest BCUT2D eigenvalue weighted by Gasteiger charge is 2.46. The highest BCUT2D eigenvalue weighted by atomic mass is 19.4. The molecule has 9 aromatic rings. The fraction of sp³-hybridized carbons (Fsp3) is 0.0204. The lowest BCUT2D eigenvalue weighted by atomic mass is 9.91. The molecule has 15 rings (SSSR count). The van der Waals surface area contributed by atoms with Crippen molar-refractivity contribution < 1.29 is 70.9 Å². The molecule has 24 nitrogen and oxygen atoms in total. The summed E-state index contributed by atoms with van der Waals surface area (Å²) in [5.41, 5.74) is -13.2. The van der Waals surface area contributed by atoms with Gasteiger partial charge in [-0.2, -0.15) is 36.8 Å². The molecule has 0 atom stereocenters. The lowest BCUT2D eigenvalue weighted by Gasteiger charge is -2.13. The lowest BCUT2D eigenvalue weighted by molar-refractivity contribution is -0.275. The fourth-order valence-electron chi connectivity index (χ4n) is 15.8.